The lowest BCUT2D eigenvalue weighted by Gasteiger charge is -2.18. The predicted molar refractivity (Wildman–Crippen MR) is 89.3 cm³/mol. The van der Waals surface area contributed by atoms with Crippen molar-refractivity contribution in [3.63, 3.8) is 0 Å². The molecule has 0 aliphatic carbocycles. The zero-order chi connectivity index (χ0) is 14.9. The molecule has 0 saturated carbocycles. The number of hydrogen-bond acceptors (Lipinski definition) is 4. The summed E-state index contributed by atoms with van der Waals surface area (Å²) >= 11 is 0. The van der Waals surface area contributed by atoms with Crippen LogP contribution in [0.25, 0.3) is 11.1 Å². The van der Waals surface area contributed by atoms with E-state index < -0.39 is 0 Å². The van der Waals surface area contributed by atoms with Crippen LogP contribution in [-0.2, 0) is 0 Å². The Morgan fingerprint density at radius 1 is 0.773 bits per heavy atom. The first-order valence-electron chi connectivity index (χ1n) is 7.28. The molecule has 0 unspecified atom stereocenters. The number of benzene rings is 2. The Bertz CT molecular complexity index is 784. The number of nitrogens with zero attached hydrogens (tertiary/aromatic N) is 4. The van der Waals surface area contributed by atoms with Gasteiger partial charge in [-0.2, -0.15) is 0 Å². The van der Waals surface area contributed by atoms with E-state index in [9.17, 15) is 0 Å². The highest BCUT2D eigenvalue weighted by atomic mass is 15.4. The Kier molecular flexibility index (Phi) is 3.00. The van der Waals surface area contributed by atoms with Gasteiger partial charge in [0.15, 0.2) is 11.6 Å². The summed E-state index contributed by atoms with van der Waals surface area (Å²) in [7, 11) is 2.03. The lowest BCUT2D eigenvalue weighted by molar-refractivity contribution is 0.936. The quantitative estimate of drug-likeness (QED) is 0.720. The number of fused-ring (bicyclic) bond motifs is 1. The van der Waals surface area contributed by atoms with Crippen molar-refractivity contribution in [3.05, 3.63) is 67.0 Å². The van der Waals surface area contributed by atoms with Crippen LogP contribution in [0.3, 0.4) is 0 Å². The van der Waals surface area contributed by atoms with E-state index in [2.05, 4.69) is 68.3 Å². The van der Waals surface area contributed by atoms with Crippen LogP contribution in [0.5, 0.6) is 0 Å². The van der Waals surface area contributed by atoms with Crippen molar-refractivity contribution >= 4 is 17.3 Å². The minimum atomic E-state index is 0.768. The molecule has 0 saturated heterocycles. The van der Waals surface area contributed by atoms with Crippen molar-refractivity contribution in [2.75, 3.05) is 23.5 Å². The summed E-state index contributed by atoms with van der Waals surface area (Å²) in [5, 5.41) is 0. The molecule has 0 spiro atoms. The highest BCUT2D eigenvalue weighted by Crippen LogP contribution is 2.36. The summed E-state index contributed by atoms with van der Waals surface area (Å²) in [6.07, 6.45) is 3.47. The van der Waals surface area contributed by atoms with Crippen LogP contribution < -0.4 is 9.80 Å². The molecule has 4 nitrogen and oxygen atoms in total. The average Bonchev–Trinajstić information content (AvgIpc) is 2.93. The molecule has 1 aromatic heterocycles. The summed E-state index contributed by atoms with van der Waals surface area (Å²) in [6.45, 7) is 0.768. The first-order chi connectivity index (χ1) is 10.8. The summed E-state index contributed by atoms with van der Waals surface area (Å²) in [6, 6.07) is 19.0. The van der Waals surface area contributed by atoms with E-state index in [1.54, 1.807) is 12.4 Å². The van der Waals surface area contributed by atoms with E-state index in [0.717, 1.165) is 24.0 Å². The van der Waals surface area contributed by atoms with E-state index in [0.29, 0.717) is 0 Å². The molecule has 0 amide bonds. The Labute approximate surface area is 129 Å². The Morgan fingerprint density at radius 2 is 1.41 bits per heavy atom. The van der Waals surface area contributed by atoms with Crippen LogP contribution in [0.15, 0.2) is 67.0 Å². The van der Waals surface area contributed by atoms with Gasteiger partial charge in [-0.05, 0) is 23.3 Å². The van der Waals surface area contributed by atoms with Gasteiger partial charge in [0.1, 0.15) is 0 Å². The van der Waals surface area contributed by atoms with E-state index >= 15 is 0 Å². The largest absolute Gasteiger partial charge is 0.338 e. The van der Waals surface area contributed by atoms with Gasteiger partial charge in [-0.1, -0.05) is 42.5 Å². The van der Waals surface area contributed by atoms with Crippen LogP contribution in [0.1, 0.15) is 0 Å². The Morgan fingerprint density at radius 3 is 2.14 bits per heavy atom. The van der Waals surface area contributed by atoms with E-state index in [-0.39, 0.29) is 0 Å². The number of hydrogen-bond donors (Lipinski definition) is 0. The molecule has 22 heavy (non-hydrogen) atoms. The highest BCUT2D eigenvalue weighted by molar-refractivity contribution is 5.77. The molecule has 3 aromatic rings. The third-order valence-corrected chi connectivity index (χ3v) is 3.92. The van der Waals surface area contributed by atoms with Gasteiger partial charge in [-0.3, -0.25) is 0 Å². The summed E-state index contributed by atoms with van der Waals surface area (Å²) in [5.74, 6) is 1.84. The van der Waals surface area contributed by atoms with Gasteiger partial charge < -0.3 is 9.80 Å². The molecule has 4 heteroatoms. The first-order valence-corrected chi connectivity index (χ1v) is 7.28. The maximum Gasteiger partial charge on any atom is 0.178 e. The first kappa shape index (κ1) is 12.8. The molecular weight excluding hydrogens is 272 g/mol. The average molecular weight is 288 g/mol. The second-order valence-corrected chi connectivity index (χ2v) is 5.38. The van der Waals surface area contributed by atoms with Crippen molar-refractivity contribution in [2.45, 2.75) is 0 Å². The van der Waals surface area contributed by atoms with Crippen molar-refractivity contribution < 1.29 is 0 Å². The zero-order valence-electron chi connectivity index (χ0n) is 12.3. The normalized spacial score (nSPS) is 13.3. The highest BCUT2D eigenvalue weighted by Gasteiger charge is 2.26. The van der Waals surface area contributed by atoms with Crippen molar-refractivity contribution in [1.82, 2.24) is 9.97 Å². The molecule has 108 valence electrons. The van der Waals surface area contributed by atoms with Crippen molar-refractivity contribution in [2.24, 2.45) is 0 Å². The Balaban J connectivity index is 1.68. The fourth-order valence-electron chi connectivity index (χ4n) is 2.80. The molecule has 0 bridgehead atoms. The van der Waals surface area contributed by atoms with Gasteiger partial charge in [0, 0.05) is 25.1 Å². The molecule has 1 aliphatic heterocycles. The monoisotopic (exact) mass is 288 g/mol. The number of aromatic nitrogens is 2. The third-order valence-electron chi connectivity index (χ3n) is 3.92. The fourth-order valence-corrected chi connectivity index (χ4v) is 2.80. The topological polar surface area (TPSA) is 32.3 Å². The second kappa shape index (κ2) is 5.15. The van der Waals surface area contributed by atoms with Gasteiger partial charge in [-0.15, -0.1) is 0 Å². The molecule has 0 radical (unpaired) electrons. The molecule has 4 rings (SSSR count). The third kappa shape index (κ3) is 2.09. The van der Waals surface area contributed by atoms with Crippen LogP contribution in [0.4, 0.5) is 17.3 Å². The second-order valence-electron chi connectivity index (χ2n) is 5.38. The molecule has 0 atom stereocenters. The number of rotatable bonds is 2. The van der Waals surface area contributed by atoms with Crippen molar-refractivity contribution in [3.8, 4) is 11.1 Å². The smallest absolute Gasteiger partial charge is 0.178 e. The number of anilines is 3. The van der Waals surface area contributed by atoms with Crippen LogP contribution in [0, 0.1) is 0 Å². The SMILES string of the molecule is CN1CN(c2ccc(-c3ccccc3)cc2)c2nccnc21. The van der Waals surface area contributed by atoms with E-state index in [1.807, 2.05) is 13.1 Å². The standard InChI is InChI=1S/C18H16N4/c1-21-13-22(18-17(21)19-11-12-20-18)16-9-7-15(8-10-16)14-5-3-2-4-6-14/h2-12H,13H2,1H3. The molecule has 0 N–H and O–H groups in total. The van der Waals surface area contributed by atoms with Crippen LogP contribution in [0.2, 0.25) is 0 Å². The maximum absolute atomic E-state index is 4.47. The fraction of sp³-hybridized carbons (Fsp3) is 0.111. The van der Waals surface area contributed by atoms with Gasteiger partial charge in [0.2, 0.25) is 0 Å². The van der Waals surface area contributed by atoms with Gasteiger partial charge in [0.25, 0.3) is 0 Å². The molecule has 1 aliphatic rings. The lowest BCUT2D eigenvalue weighted by Crippen LogP contribution is -2.24. The predicted octanol–water partition coefficient (Wildman–Crippen LogP) is 3.69. The van der Waals surface area contributed by atoms with Gasteiger partial charge in [-0.25, -0.2) is 9.97 Å². The zero-order valence-corrected chi connectivity index (χ0v) is 12.3. The van der Waals surface area contributed by atoms with Gasteiger partial charge in [0.05, 0.1) is 6.67 Å². The summed E-state index contributed by atoms with van der Waals surface area (Å²) < 4.78 is 0. The lowest BCUT2D eigenvalue weighted by atomic mass is 10.1. The Hall–Kier alpha value is -2.88. The summed E-state index contributed by atoms with van der Waals surface area (Å²) in [5.41, 5.74) is 3.58. The molecular formula is C18H16N4. The molecule has 2 aromatic carbocycles. The van der Waals surface area contributed by atoms with E-state index in [4.69, 9.17) is 0 Å². The molecule has 0 fully saturated rings. The maximum atomic E-state index is 4.47. The van der Waals surface area contributed by atoms with Crippen LogP contribution in [-0.4, -0.2) is 23.7 Å². The summed E-state index contributed by atoms with van der Waals surface area (Å²) in [4.78, 5) is 13.2. The van der Waals surface area contributed by atoms with E-state index in [1.165, 1.54) is 11.1 Å². The van der Waals surface area contributed by atoms with Gasteiger partial charge >= 0.3 is 0 Å². The van der Waals surface area contributed by atoms with Crippen molar-refractivity contribution in [1.29, 1.82) is 0 Å². The van der Waals surface area contributed by atoms with Crippen LogP contribution >= 0.6 is 0 Å². The minimum Gasteiger partial charge on any atom is -0.338 e. The molecule has 2 heterocycles. The minimum absolute atomic E-state index is 0.768.